The van der Waals surface area contributed by atoms with Crippen molar-refractivity contribution in [3.8, 4) is 5.75 Å². The fourth-order valence-electron chi connectivity index (χ4n) is 11.3. The number of aromatic nitrogens is 1. The van der Waals surface area contributed by atoms with Crippen LogP contribution >= 0.6 is 0 Å². The molecule has 76 heavy (non-hydrogen) atoms. The second-order valence-electron chi connectivity index (χ2n) is 21.4. The summed E-state index contributed by atoms with van der Waals surface area (Å²) in [5.41, 5.74) is -1.08. The van der Waals surface area contributed by atoms with Crippen molar-refractivity contribution in [2.75, 3.05) is 38.2 Å². The summed E-state index contributed by atoms with van der Waals surface area (Å²) in [5.74, 6) is -5.81. The first kappa shape index (κ1) is 55.6. The van der Waals surface area contributed by atoms with Crippen LogP contribution in [0, 0.1) is 36.4 Å². The topological polar surface area (TPSA) is 253 Å². The zero-order chi connectivity index (χ0) is 55.4. The second kappa shape index (κ2) is 21.8. The van der Waals surface area contributed by atoms with Gasteiger partial charge in [0.2, 0.25) is 5.78 Å². The van der Waals surface area contributed by atoms with Crippen molar-refractivity contribution in [1.82, 2.24) is 14.9 Å². The summed E-state index contributed by atoms with van der Waals surface area (Å²) < 4.78 is 35.7. The van der Waals surface area contributed by atoms with E-state index in [1.165, 1.54) is 45.6 Å². The molecule has 19 heteroatoms. The normalized spacial score (nSPS) is 31.3. The number of hydrazone groups is 1. The van der Waals surface area contributed by atoms with Gasteiger partial charge in [-0.25, -0.2) is 4.39 Å². The van der Waals surface area contributed by atoms with E-state index < -0.39 is 106 Å². The zero-order valence-electron chi connectivity index (χ0n) is 44.4. The van der Waals surface area contributed by atoms with Crippen LogP contribution in [0.5, 0.6) is 5.75 Å². The van der Waals surface area contributed by atoms with Crippen LogP contribution in [0.2, 0.25) is 0 Å². The van der Waals surface area contributed by atoms with Crippen LogP contribution in [-0.2, 0) is 30.2 Å². The number of aliphatic hydroxyl groups excluding tert-OH is 5. The number of allylic oxidation sites excluding steroid dienone is 2. The summed E-state index contributed by atoms with van der Waals surface area (Å²) >= 11 is 0. The van der Waals surface area contributed by atoms with Crippen LogP contribution < -0.4 is 15.6 Å². The minimum absolute atomic E-state index is 0.0113. The number of phenolic OH excluding ortho intramolecular Hbond substituents is 1. The average molecular weight is 1050 g/mol. The van der Waals surface area contributed by atoms with E-state index in [2.05, 4.69) is 11.9 Å². The quantitative estimate of drug-likeness (QED) is 0.0810. The van der Waals surface area contributed by atoms with E-state index in [9.17, 15) is 49.8 Å². The molecule has 3 aliphatic carbocycles. The van der Waals surface area contributed by atoms with Gasteiger partial charge < -0.3 is 59.6 Å². The molecule has 18 nitrogen and oxygen atoms in total. The highest BCUT2D eigenvalue weighted by molar-refractivity contribution is 6.09. The van der Waals surface area contributed by atoms with Crippen LogP contribution in [0.25, 0.3) is 16.7 Å². The molecule has 9 rings (SSSR count). The molecule has 0 radical (unpaired) electrons. The molecule has 5 bridgehead atoms. The number of carbonyl (C=O) groups excluding carboxylic acids is 3. The number of benzene rings is 2. The van der Waals surface area contributed by atoms with E-state index in [1.807, 2.05) is 9.47 Å². The number of halogens is 1. The molecule has 4 heterocycles. The highest BCUT2D eigenvalue weighted by atomic mass is 19.1. The van der Waals surface area contributed by atoms with Gasteiger partial charge in [-0.1, -0.05) is 52.5 Å². The highest BCUT2D eigenvalue weighted by Crippen LogP contribution is 2.51. The van der Waals surface area contributed by atoms with Crippen molar-refractivity contribution < 1.29 is 63.6 Å². The molecule has 2 aromatic carbocycles. The van der Waals surface area contributed by atoms with E-state index >= 15 is 4.39 Å². The highest BCUT2D eigenvalue weighted by Gasteiger charge is 2.50. The monoisotopic (exact) mass is 1050 g/mol. The van der Waals surface area contributed by atoms with Crippen LogP contribution in [-0.4, -0.2) is 127 Å². The number of hydrogen-bond acceptors (Lipinski definition) is 16. The van der Waals surface area contributed by atoms with Gasteiger partial charge in [0.1, 0.15) is 35.6 Å². The van der Waals surface area contributed by atoms with E-state index in [-0.39, 0.29) is 94.4 Å². The Hall–Kier alpha value is -6.64. The number of esters is 1. The number of hydrogen-bond donors (Lipinski definition) is 7. The van der Waals surface area contributed by atoms with Crippen molar-refractivity contribution in [3.63, 3.8) is 0 Å². The van der Waals surface area contributed by atoms with Gasteiger partial charge in [-0.05, 0) is 62.9 Å². The van der Waals surface area contributed by atoms with Crippen LogP contribution in [0.4, 0.5) is 10.1 Å². The molecule has 7 N–H and O–H groups in total. The third-order valence-corrected chi connectivity index (χ3v) is 16.1. The maximum absolute atomic E-state index is 16.0. The predicted molar refractivity (Wildman–Crippen MR) is 283 cm³/mol. The molecule has 1 saturated heterocycles. The second-order valence-corrected chi connectivity index (χ2v) is 21.4. The Morgan fingerprint density at radius 2 is 1.64 bits per heavy atom. The molecule has 1 amide bonds. The number of ketones is 1. The lowest BCUT2D eigenvalue weighted by atomic mass is 9.78. The molecule has 2 unspecified atom stereocenters. The van der Waals surface area contributed by atoms with Gasteiger partial charge in [0.25, 0.3) is 5.91 Å². The minimum Gasteiger partial charge on any atom is -0.508 e. The lowest BCUT2D eigenvalue weighted by Gasteiger charge is -2.38. The Labute approximate surface area is 440 Å². The lowest BCUT2D eigenvalue weighted by Crippen LogP contribution is -2.46. The Morgan fingerprint density at radius 3 is 2.28 bits per heavy atom. The van der Waals surface area contributed by atoms with Crippen molar-refractivity contribution in [2.45, 2.75) is 123 Å². The summed E-state index contributed by atoms with van der Waals surface area (Å²) in [6, 6.07) is 2.93. The number of phenols is 1. The Balaban J connectivity index is 1.15. The summed E-state index contributed by atoms with van der Waals surface area (Å²) in [5, 5.41) is 79.3. The molecule has 11 atom stereocenters. The molecule has 0 spiro atoms. The number of Topliss-reactive ketones (excluding diaryl/α,β-unsaturated/α-hetero) is 1. The van der Waals surface area contributed by atoms with E-state index in [1.54, 1.807) is 77.0 Å². The molecule has 1 aromatic heterocycles. The van der Waals surface area contributed by atoms with Gasteiger partial charge in [0.15, 0.2) is 11.0 Å². The third kappa shape index (κ3) is 10.3. The predicted octanol–water partition coefficient (Wildman–Crippen LogP) is 6.03. The first-order valence-electron chi connectivity index (χ1n) is 25.8. The van der Waals surface area contributed by atoms with Gasteiger partial charge in [0, 0.05) is 103 Å². The number of ether oxygens (including phenoxy) is 3. The Bertz CT molecular complexity index is 3060. The van der Waals surface area contributed by atoms with Gasteiger partial charge in [-0.3, -0.25) is 24.2 Å². The molecule has 1 saturated carbocycles. The molecule has 3 aromatic rings. The number of amides is 1. The number of fused-ring (bicyclic) bond motifs is 15. The Kier molecular flexibility index (Phi) is 15.9. The number of aromatic hydroxyl groups is 1. The van der Waals surface area contributed by atoms with Crippen molar-refractivity contribution in [2.24, 2.45) is 28.8 Å². The summed E-state index contributed by atoms with van der Waals surface area (Å²) in [7, 11) is 1.45. The largest absolute Gasteiger partial charge is 0.508 e. The number of rotatable bonds is 7. The average Bonchev–Trinajstić information content (AvgIpc) is 4.20. The maximum Gasteiger partial charge on any atom is 0.302 e. The first-order valence-corrected chi connectivity index (χ1v) is 25.8. The molecule has 3 aliphatic heterocycles. The number of methoxy groups -OCH3 is 1. The van der Waals surface area contributed by atoms with Crippen molar-refractivity contribution >= 4 is 46.2 Å². The summed E-state index contributed by atoms with van der Waals surface area (Å²) in [6.45, 7) is 17.4. The van der Waals surface area contributed by atoms with Gasteiger partial charge in [-0.15, -0.1) is 0 Å². The Morgan fingerprint density at radius 1 is 0.961 bits per heavy atom. The minimum atomic E-state index is -1.80. The van der Waals surface area contributed by atoms with Crippen LogP contribution in [0.15, 0.2) is 82.2 Å². The molecule has 6 aliphatic rings. The number of carbonyl (C=O) groups is 3. The van der Waals surface area contributed by atoms with Gasteiger partial charge in [0.05, 0.1) is 66.3 Å². The number of aliphatic hydroxyl groups is 5. The molecule has 408 valence electrons. The maximum atomic E-state index is 16.0. The molecular formula is C57H70FN5O13. The van der Waals surface area contributed by atoms with E-state index in [0.717, 1.165) is 12.8 Å². The number of piperazine rings is 1. The first-order chi connectivity index (χ1) is 35.9. The van der Waals surface area contributed by atoms with Gasteiger partial charge in [-0.2, -0.15) is 5.10 Å². The fourth-order valence-corrected chi connectivity index (χ4v) is 11.3. The van der Waals surface area contributed by atoms with E-state index in [0.29, 0.717) is 11.1 Å². The third-order valence-electron chi connectivity index (χ3n) is 16.1. The summed E-state index contributed by atoms with van der Waals surface area (Å²) in [4.78, 5) is 56.5. The lowest BCUT2D eigenvalue weighted by molar-refractivity contribution is -0.160. The number of nitrogens with zero attached hydrogens (tertiary/aromatic N) is 4. The molecule has 2 fully saturated rings. The van der Waals surface area contributed by atoms with Crippen LogP contribution in [0.3, 0.4) is 0 Å². The van der Waals surface area contributed by atoms with E-state index in [4.69, 9.17) is 19.3 Å². The van der Waals surface area contributed by atoms with Crippen molar-refractivity contribution in [3.05, 3.63) is 122 Å². The van der Waals surface area contributed by atoms with Crippen LogP contribution in [0.1, 0.15) is 118 Å². The number of pyridine rings is 1. The molecular weight excluding hydrogens is 982 g/mol. The fraction of sp³-hybridized carbons (Fsp3) is 0.491. The number of nitrogens with one attached hydrogen (secondary N) is 1. The number of anilines is 1. The zero-order valence-corrected chi connectivity index (χ0v) is 44.4. The smallest absolute Gasteiger partial charge is 0.302 e. The summed E-state index contributed by atoms with van der Waals surface area (Å²) in [6.07, 6.45) is 4.66. The van der Waals surface area contributed by atoms with Crippen molar-refractivity contribution in [1.29, 1.82) is 0 Å². The standard InChI is InChI=1S/C57H70FN5O13/c1-27-12-11-13-28(2)56(73)60-47-38(25-59-62-19-17-61(18-20-62)42-23-41-36(22-40(42)58)51(69)39(33(7)64)26-63(41)35-14-15-35)52(70)45-44-37(29(3)50(68)46(45)53(47)71)24-57(9,55(44)72)75-21-16-43(74-10)30(4)54(76-34(8)65)32(6)49(67)31(5)48(27)66/h11-13,16,21-23,25-27,30-32,35,43,48-49,52-54,64,66-68,70-71H,7,14-15,17-20,24H2,1-6,8-10H3,(H,60,73)/b12-11+,21-16+,28-13-,59-25+/t27-,30+,31+,32+,43-,48-,49+,52?,53?,54+,57-/m0/s1. The SMILES string of the molecule is C=C(O)c1cn(C2CC2)c2cc(N3CCN(/N=C/C4=C5NC(=O)/C(C)=C\C=C\[C@H](C)[C@H](O)[C@@H](C)[C@@H](O)[C@@H](C)[C@H](OC(C)=O)[C@H](C)[C@@H](OC)/C=C/O[C@@]6(C)Cc7c(C)c(O)c(c(c7C6=O)C4O)C5O)CC3)c(F)cc2c1=O. The van der Waals surface area contributed by atoms with Gasteiger partial charge >= 0.3 is 5.97 Å².